The molecule has 5 rings (SSSR count). The van der Waals surface area contributed by atoms with Crippen LogP contribution in [-0.4, -0.2) is 76.5 Å². The van der Waals surface area contributed by atoms with Gasteiger partial charge in [0, 0.05) is 36.4 Å². The molecule has 0 aliphatic carbocycles. The summed E-state index contributed by atoms with van der Waals surface area (Å²) in [5.74, 6) is 2.71. The van der Waals surface area contributed by atoms with Crippen LogP contribution in [0.4, 0.5) is 0 Å². The van der Waals surface area contributed by atoms with Crippen LogP contribution in [0.15, 0.2) is 22.6 Å². The van der Waals surface area contributed by atoms with E-state index < -0.39 is 5.91 Å². The van der Waals surface area contributed by atoms with E-state index in [0.717, 1.165) is 63.0 Å². The van der Waals surface area contributed by atoms with E-state index in [1.165, 1.54) is 0 Å². The van der Waals surface area contributed by atoms with Crippen molar-refractivity contribution in [1.29, 1.82) is 0 Å². The van der Waals surface area contributed by atoms with Crippen molar-refractivity contribution in [2.75, 3.05) is 37.8 Å². The highest BCUT2D eigenvalue weighted by atomic mass is 32.2. The van der Waals surface area contributed by atoms with Gasteiger partial charge in [0.25, 0.3) is 0 Å². The molecule has 9 heteroatoms. The molecule has 3 saturated heterocycles. The van der Waals surface area contributed by atoms with E-state index in [-0.39, 0.29) is 17.9 Å². The number of carbonyl (C=O) groups is 2. The molecule has 2 atom stereocenters. The minimum Gasteiger partial charge on any atom is -0.440 e. The van der Waals surface area contributed by atoms with Crippen LogP contribution in [0.25, 0.3) is 11.1 Å². The van der Waals surface area contributed by atoms with Gasteiger partial charge in [-0.05, 0) is 50.6 Å². The number of hydrogen-bond acceptors (Lipinski definition) is 7. The Labute approximate surface area is 179 Å². The summed E-state index contributed by atoms with van der Waals surface area (Å²) in [5, 5.41) is 3.44. The highest BCUT2D eigenvalue weighted by molar-refractivity contribution is 7.99. The Morgan fingerprint density at radius 3 is 2.80 bits per heavy atom. The molecule has 0 saturated carbocycles. The third kappa shape index (κ3) is 3.81. The Hall–Kier alpha value is -2.10. The molecule has 4 heterocycles. The number of thioether (sulfide) groups is 1. The zero-order valence-electron chi connectivity index (χ0n) is 16.9. The van der Waals surface area contributed by atoms with Gasteiger partial charge in [0.2, 0.25) is 11.8 Å². The predicted molar refractivity (Wildman–Crippen MR) is 115 cm³/mol. The van der Waals surface area contributed by atoms with Gasteiger partial charge >= 0.3 is 0 Å². The van der Waals surface area contributed by atoms with Gasteiger partial charge < -0.3 is 20.4 Å². The first-order chi connectivity index (χ1) is 14.6. The summed E-state index contributed by atoms with van der Waals surface area (Å²) in [6.07, 6.45) is 2.85. The fourth-order valence-corrected chi connectivity index (χ4v) is 5.73. The molecule has 3 aliphatic heterocycles. The summed E-state index contributed by atoms with van der Waals surface area (Å²) in [7, 11) is 0. The van der Waals surface area contributed by atoms with Crippen LogP contribution in [0.1, 0.15) is 41.4 Å². The molecule has 160 valence electrons. The number of aromatic nitrogens is 1. The third-order valence-electron chi connectivity index (χ3n) is 6.55. The maximum Gasteiger partial charge on any atom is 0.248 e. The Morgan fingerprint density at radius 1 is 1.23 bits per heavy atom. The first-order valence-electron chi connectivity index (χ1n) is 10.6. The summed E-state index contributed by atoms with van der Waals surface area (Å²) < 4.78 is 5.96. The average Bonchev–Trinajstić information content (AvgIpc) is 3.53. The number of nitrogens with one attached hydrogen (secondary N) is 1. The predicted octanol–water partition coefficient (Wildman–Crippen LogP) is 1.37. The maximum absolute atomic E-state index is 12.6. The van der Waals surface area contributed by atoms with Crippen molar-refractivity contribution in [3.05, 3.63) is 29.7 Å². The Balaban J connectivity index is 1.18. The fraction of sp³-hybridized carbons (Fsp3) is 0.571. The van der Waals surface area contributed by atoms with Gasteiger partial charge in [-0.3, -0.25) is 14.5 Å². The number of amides is 2. The van der Waals surface area contributed by atoms with Crippen LogP contribution >= 0.6 is 11.8 Å². The SMILES string of the molecule is NC(=O)c1ccc2oc(C3CCN([C@@H]4CN[C@H](C(=O)N5CCSC5)C4)CC3)nc2c1. The smallest absolute Gasteiger partial charge is 0.248 e. The van der Waals surface area contributed by atoms with Crippen LogP contribution < -0.4 is 11.1 Å². The molecule has 0 radical (unpaired) electrons. The standard InChI is InChI=1S/C21H27N5O3S/c22-19(27)14-1-2-18-16(9-14)24-20(29-18)13-3-5-25(6-4-13)15-10-17(23-11-15)21(28)26-7-8-30-12-26/h1-2,9,13,15,17,23H,3-8,10-12H2,(H2,22,27)/t15-,17-/m0/s1. The van der Waals surface area contributed by atoms with E-state index in [4.69, 9.17) is 10.2 Å². The third-order valence-corrected chi connectivity index (χ3v) is 7.52. The first kappa shape index (κ1) is 19.8. The van der Waals surface area contributed by atoms with Crippen molar-refractivity contribution in [1.82, 2.24) is 20.1 Å². The lowest BCUT2D eigenvalue weighted by Crippen LogP contribution is -2.42. The van der Waals surface area contributed by atoms with E-state index >= 15 is 0 Å². The molecule has 0 spiro atoms. The highest BCUT2D eigenvalue weighted by Gasteiger charge is 2.37. The number of primary amides is 1. The topological polar surface area (TPSA) is 105 Å². The number of nitrogens with two attached hydrogens (primary N) is 1. The van der Waals surface area contributed by atoms with Crippen molar-refractivity contribution < 1.29 is 14.0 Å². The summed E-state index contributed by atoms with van der Waals surface area (Å²) in [6, 6.07) is 5.51. The van der Waals surface area contributed by atoms with Crippen molar-refractivity contribution in [3.63, 3.8) is 0 Å². The molecule has 2 amide bonds. The van der Waals surface area contributed by atoms with Gasteiger partial charge in [-0.25, -0.2) is 4.98 Å². The lowest BCUT2D eigenvalue weighted by Gasteiger charge is -2.34. The molecule has 1 aromatic carbocycles. The Kier molecular flexibility index (Phi) is 5.43. The van der Waals surface area contributed by atoms with Gasteiger partial charge in [0.1, 0.15) is 5.52 Å². The quantitative estimate of drug-likeness (QED) is 0.756. The molecule has 30 heavy (non-hydrogen) atoms. The number of hydrogen-bond donors (Lipinski definition) is 2. The highest BCUT2D eigenvalue weighted by Crippen LogP contribution is 2.32. The van der Waals surface area contributed by atoms with Crippen molar-refractivity contribution in [2.45, 2.75) is 37.3 Å². The molecule has 3 aliphatic rings. The minimum absolute atomic E-state index is 0.0390. The first-order valence-corrected chi connectivity index (χ1v) is 11.8. The second-order valence-corrected chi connectivity index (χ2v) is 9.47. The number of rotatable bonds is 4. The van der Waals surface area contributed by atoms with Gasteiger partial charge in [0.05, 0.1) is 11.9 Å². The second kappa shape index (κ2) is 8.20. The van der Waals surface area contributed by atoms with Gasteiger partial charge in [-0.2, -0.15) is 0 Å². The number of carbonyl (C=O) groups excluding carboxylic acids is 2. The number of benzene rings is 1. The summed E-state index contributed by atoms with van der Waals surface area (Å²) in [4.78, 5) is 33.1. The number of likely N-dealkylation sites (tertiary alicyclic amines) is 1. The molecule has 2 aromatic rings. The fourth-order valence-electron chi connectivity index (χ4n) is 4.78. The molecular weight excluding hydrogens is 402 g/mol. The molecule has 0 unspecified atom stereocenters. The number of oxazole rings is 1. The summed E-state index contributed by atoms with van der Waals surface area (Å²) >= 11 is 1.83. The lowest BCUT2D eigenvalue weighted by atomic mass is 9.95. The van der Waals surface area contributed by atoms with Crippen molar-refractivity contribution in [2.24, 2.45) is 5.73 Å². The van der Waals surface area contributed by atoms with Crippen LogP contribution in [0, 0.1) is 0 Å². The minimum atomic E-state index is -0.458. The molecule has 8 nitrogen and oxygen atoms in total. The van der Waals surface area contributed by atoms with E-state index in [1.54, 1.807) is 18.2 Å². The maximum atomic E-state index is 12.6. The average molecular weight is 430 g/mol. The van der Waals surface area contributed by atoms with Crippen molar-refractivity contribution >= 4 is 34.7 Å². The van der Waals surface area contributed by atoms with E-state index in [2.05, 4.69) is 15.2 Å². The van der Waals surface area contributed by atoms with Crippen LogP contribution in [0.2, 0.25) is 0 Å². The van der Waals surface area contributed by atoms with E-state index in [1.807, 2.05) is 16.7 Å². The summed E-state index contributed by atoms with van der Waals surface area (Å²) in [5.41, 5.74) is 7.19. The molecule has 3 fully saturated rings. The zero-order valence-corrected chi connectivity index (χ0v) is 17.7. The summed E-state index contributed by atoms with van der Waals surface area (Å²) in [6.45, 7) is 3.70. The molecule has 0 bridgehead atoms. The van der Waals surface area contributed by atoms with Crippen LogP contribution in [0.3, 0.4) is 0 Å². The number of fused-ring (bicyclic) bond motifs is 1. The molecule has 3 N–H and O–H groups in total. The number of nitrogens with zero attached hydrogens (tertiary/aromatic N) is 3. The van der Waals surface area contributed by atoms with Crippen LogP contribution in [0.5, 0.6) is 0 Å². The molecule has 1 aromatic heterocycles. The Bertz CT molecular complexity index is 949. The van der Waals surface area contributed by atoms with E-state index in [0.29, 0.717) is 22.7 Å². The Morgan fingerprint density at radius 2 is 2.07 bits per heavy atom. The lowest BCUT2D eigenvalue weighted by molar-refractivity contribution is -0.131. The largest absolute Gasteiger partial charge is 0.440 e. The van der Waals surface area contributed by atoms with Crippen LogP contribution in [-0.2, 0) is 4.79 Å². The molecular formula is C21H27N5O3S. The van der Waals surface area contributed by atoms with Gasteiger partial charge in [0.15, 0.2) is 11.5 Å². The monoisotopic (exact) mass is 429 g/mol. The van der Waals surface area contributed by atoms with Gasteiger partial charge in [-0.1, -0.05) is 0 Å². The zero-order chi connectivity index (χ0) is 20.7. The van der Waals surface area contributed by atoms with Crippen molar-refractivity contribution in [3.8, 4) is 0 Å². The van der Waals surface area contributed by atoms with E-state index in [9.17, 15) is 9.59 Å². The number of piperidine rings is 1. The second-order valence-electron chi connectivity index (χ2n) is 8.40. The normalized spacial score (nSPS) is 25.9. The van der Waals surface area contributed by atoms with Gasteiger partial charge in [-0.15, -0.1) is 11.8 Å².